The molecular formula is C12H11BrO2. The van der Waals surface area contributed by atoms with Crippen molar-refractivity contribution in [2.24, 2.45) is 0 Å². The highest BCUT2D eigenvalue weighted by molar-refractivity contribution is 9.11. The van der Waals surface area contributed by atoms with Gasteiger partial charge < -0.3 is 4.74 Å². The Hall–Kier alpha value is -1.09. The van der Waals surface area contributed by atoms with Crippen molar-refractivity contribution in [3.63, 3.8) is 0 Å². The molecule has 78 valence electrons. The number of cyclic esters (lactones) is 1. The van der Waals surface area contributed by atoms with E-state index in [4.69, 9.17) is 4.74 Å². The summed E-state index contributed by atoms with van der Waals surface area (Å²) in [5.74, 6) is 0.452. The second kappa shape index (κ2) is 4.62. The van der Waals surface area contributed by atoms with Crippen molar-refractivity contribution in [3.05, 3.63) is 46.6 Å². The van der Waals surface area contributed by atoms with E-state index in [1.807, 2.05) is 30.3 Å². The van der Waals surface area contributed by atoms with Gasteiger partial charge in [-0.3, -0.25) is 4.79 Å². The number of benzene rings is 1. The number of esters is 1. The van der Waals surface area contributed by atoms with E-state index in [9.17, 15) is 4.79 Å². The molecule has 1 atom stereocenters. The maximum atomic E-state index is 11.7. The lowest BCUT2D eigenvalue weighted by atomic mass is 9.92. The molecule has 1 aliphatic rings. The Bertz CT molecular complexity index is 384. The molecule has 2 nitrogen and oxygen atoms in total. The number of allylic oxidation sites excluding steroid dienone is 1. The molecule has 1 aliphatic heterocycles. The van der Waals surface area contributed by atoms with Crippen molar-refractivity contribution in [2.75, 3.05) is 0 Å². The number of halogens is 1. The van der Waals surface area contributed by atoms with Crippen LogP contribution in [0.15, 0.2) is 41.1 Å². The minimum Gasteiger partial charge on any atom is -0.430 e. The van der Waals surface area contributed by atoms with Gasteiger partial charge in [-0.25, -0.2) is 0 Å². The minimum absolute atomic E-state index is 0.109. The molecule has 2 rings (SSSR count). The Morgan fingerprint density at radius 3 is 2.67 bits per heavy atom. The highest BCUT2D eigenvalue weighted by atomic mass is 79.9. The van der Waals surface area contributed by atoms with Crippen molar-refractivity contribution in [1.82, 2.24) is 0 Å². The predicted octanol–water partition coefficient (Wildman–Crippen LogP) is 3.34. The van der Waals surface area contributed by atoms with E-state index in [2.05, 4.69) is 15.9 Å². The first-order chi connectivity index (χ1) is 7.31. The van der Waals surface area contributed by atoms with Crippen LogP contribution in [0.5, 0.6) is 0 Å². The van der Waals surface area contributed by atoms with Gasteiger partial charge >= 0.3 is 5.97 Å². The third kappa shape index (κ3) is 2.29. The Labute approximate surface area is 97.1 Å². The summed E-state index contributed by atoms with van der Waals surface area (Å²) in [7, 11) is 0. The standard InChI is InChI=1S/C12H11BrO2/c13-8-10-6-7-11(12(14)15-10)9-4-2-1-3-5-9/h1-5,8,11H,6-7H2/b10-8+. The second-order valence-electron chi connectivity index (χ2n) is 3.50. The summed E-state index contributed by atoms with van der Waals surface area (Å²) in [6, 6.07) is 9.77. The molecular weight excluding hydrogens is 256 g/mol. The molecule has 0 saturated carbocycles. The zero-order chi connectivity index (χ0) is 10.7. The quantitative estimate of drug-likeness (QED) is 0.729. The van der Waals surface area contributed by atoms with Gasteiger partial charge in [0.1, 0.15) is 5.76 Å². The van der Waals surface area contributed by atoms with Crippen molar-refractivity contribution in [2.45, 2.75) is 18.8 Å². The van der Waals surface area contributed by atoms with Crippen LogP contribution in [0.1, 0.15) is 24.3 Å². The van der Waals surface area contributed by atoms with E-state index < -0.39 is 0 Å². The summed E-state index contributed by atoms with van der Waals surface area (Å²) < 4.78 is 5.18. The Morgan fingerprint density at radius 1 is 1.33 bits per heavy atom. The molecule has 0 radical (unpaired) electrons. The first-order valence-corrected chi connectivity index (χ1v) is 5.78. The van der Waals surface area contributed by atoms with Crippen LogP contribution in [0.4, 0.5) is 0 Å². The number of carbonyl (C=O) groups is 1. The van der Waals surface area contributed by atoms with Gasteiger partial charge in [0.05, 0.1) is 5.92 Å². The molecule has 1 aromatic rings. The van der Waals surface area contributed by atoms with Crippen molar-refractivity contribution < 1.29 is 9.53 Å². The van der Waals surface area contributed by atoms with E-state index >= 15 is 0 Å². The SMILES string of the molecule is O=C1O/C(=C/Br)CCC1c1ccccc1. The van der Waals surface area contributed by atoms with Crippen LogP contribution in [0, 0.1) is 0 Å². The van der Waals surface area contributed by atoms with Crippen LogP contribution in [0.2, 0.25) is 0 Å². The molecule has 1 saturated heterocycles. The molecule has 0 aliphatic carbocycles. The topological polar surface area (TPSA) is 26.3 Å². The molecule has 0 amide bonds. The van der Waals surface area contributed by atoms with Crippen LogP contribution < -0.4 is 0 Å². The predicted molar refractivity (Wildman–Crippen MR) is 61.5 cm³/mol. The molecule has 3 heteroatoms. The number of hydrogen-bond donors (Lipinski definition) is 0. The van der Waals surface area contributed by atoms with Crippen LogP contribution in [0.3, 0.4) is 0 Å². The first kappa shape index (κ1) is 10.4. The fourth-order valence-electron chi connectivity index (χ4n) is 1.72. The smallest absolute Gasteiger partial charge is 0.318 e. The molecule has 0 N–H and O–H groups in total. The highest BCUT2D eigenvalue weighted by Crippen LogP contribution is 2.31. The molecule has 1 fully saturated rings. The molecule has 0 bridgehead atoms. The van der Waals surface area contributed by atoms with Gasteiger partial charge in [-0.05, 0) is 12.0 Å². The average molecular weight is 267 g/mol. The lowest BCUT2D eigenvalue weighted by Gasteiger charge is -2.22. The van der Waals surface area contributed by atoms with Crippen molar-refractivity contribution in [1.29, 1.82) is 0 Å². The number of rotatable bonds is 1. The summed E-state index contributed by atoms with van der Waals surface area (Å²) in [4.78, 5) is 13.4. The van der Waals surface area contributed by atoms with Crippen LogP contribution >= 0.6 is 15.9 Å². The molecule has 0 spiro atoms. The number of ether oxygens (including phenoxy) is 1. The summed E-state index contributed by atoms with van der Waals surface area (Å²) >= 11 is 3.18. The monoisotopic (exact) mass is 266 g/mol. The summed E-state index contributed by atoms with van der Waals surface area (Å²) in [5.41, 5.74) is 1.04. The van der Waals surface area contributed by atoms with E-state index in [1.54, 1.807) is 4.99 Å². The van der Waals surface area contributed by atoms with Gasteiger partial charge in [0, 0.05) is 11.4 Å². The number of hydrogen-bond acceptors (Lipinski definition) is 2. The van der Waals surface area contributed by atoms with Crippen LogP contribution in [-0.4, -0.2) is 5.97 Å². The normalized spacial score (nSPS) is 23.9. The largest absolute Gasteiger partial charge is 0.430 e. The van der Waals surface area contributed by atoms with Crippen molar-refractivity contribution >= 4 is 21.9 Å². The fourth-order valence-corrected chi connectivity index (χ4v) is 2.04. The van der Waals surface area contributed by atoms with E-state index in [1.165, 1.54) is 0 Å². The summed E-state index contributed by atoms with van der Waals surface area (Å²) in [6.45, 7) is 0. The lowest BCUT2D eigenvalue weighted by Crippen LogP contribution is -2.20. The summed E-state index contributed by atoms with van der Waals surface area (Å²) in [6.07, 6.45) is 1.62. The van der Waals surface area contributed by atoms with Crippen molar-refractivity contribution in [3.8, 4) is 0 Å². The average Bonchev–Trinajstić information content (AvgIpc) is 2.30. The molecule has 1 aromatic carbocycles. The van der Waals surface area contributed by atoms with Crippen LogP contribution in [0.25, 0.3) is 0 Å². The fraction of sp³-hybridized carbons (Fsp3) is 0.250. The van der Waals surface area contributed by atoms with Crippen LogP contribution in [-0.2, 0) is 9.53 Å². The Morgan fingerprint density at radius 2 is 2.07 bits per heavy atom. The zero-order valence-corrected chi connectivity index (χ0v) is 9.74. The second-order valence-corrected chi connectivity index (χ2v) is 3.96. The van der Waals surface area contributed by atoms with Gasteiger partial charge in [0.25, 0.3) is 0 Å². The van der Waals surface area contributed by atoms with Gasteiger partial charge in [-0.1, -0.05) is 46.3 Å². The molecule has 0 aromatic heterocycles. The lowest BCUT2D eigenvalue weighted by molar-refractivity contribution is -0.143. The van der Waals surface area contributed by atoms with Gasteiger partial charge in [0.15, 0.2) is 0 Å². The van der Waals surface area contributed by atoms with E-state index in [-0.39, 0.29) is 11.9 Å². The summed E-state index contributed by atoms with van der Waals surface area (Å²) in [5, 5.41) is 0. The van der Waals surface area contributed by atoms with Gasteiger partial charge in [0.2, 0.25) is 0 Å². The molecule has 15 heavy (non-hydrogen) atoms. The van der Waals surface area contributed by atoms with Gasteiger partial charge in [-0.2, -0.15) is 0 Å². The third-order valence-corrected chi connectivity index (χ3v) is 3.03. The van der Waals surface area contributed by atoms with E-state index in [0.717, 1.165) is 18.4 Å². The minimum atomic E-state index is -0.154. The zero-order valence-electron chi connectivity index (χ0n) is 8.15. The van der Waals surface area contributed by atoms with E-state index in [0.29, 0.717) is 5.76 Å². The Kier molecular flexibility index (Phi) is 3.21. The Balaban J connectivity index is 2.17. The third-order valence-electron chi connectivity index (χ3n) is 2.52. The highest BCUT2D eigenvalue weighted by Gasteiger charge is 2.27. The number of carbonyl (C=O) groups excluding carboxylic acids is 1. The maximum absolute atomic E-state index is 11.7. The first-order valence-electron chi connectivity index (χ1n) is 4.87. The molecule has 1 unspecified atom stereocenters. The maximum Gasteiger partial charge on any atom is 0.318 e. The van der Waals surface area contributed by atoms with Gasteiger partial charge in [-0.15, -0.1) is 0 Å². The molecule has 1 heterocycles.